The number of hydrogen-bond donors (Lipinski definition) is 1. The Kier molecular flexibility index (Phi) is 4.18. The topological polar surface area (TPSA) is 32.3 Å². The second kappa shape index (κ2) is 6.08. The summed E-state index contributed by atoms with van der Waals surface area (Å²) in [6.07, 6.45) is 7.58. The van der Waals surface area contributed by atoms with Gasteiger partial charge in [0.25, 0.3) is 5.91 Å². The number of carbonyl (C=O) groups is 1. The summed E-state index contributed by atoms with van der Waals surface area (Å²) in [6, 6.07) is 6.56. The van der Waals surface area contributed by atoms with Gasteiger partial charge in [0.2, 0.25) is 0 Å². The van der Waals surface area contributed by atoms with E-state index in [9.17, 15) is 4.79 Å². The van der Waals surface area contributed by atoms with Crippen molar-refractivity contribution in [2.45, 2.75) is 51.5 Å². The third-order valence-corrected chi connectivity index (χ3v) is 5.18. The first-order chi connectivity index (χ1) is 10.2. The van der Waals surface area contributed by atoms with E-state index in [4.69, 9.17) is 0 Å². The smallest absolute Gasteiger partial charge is 0.256 e. The molecule has 1 aliphatic heterocycles. The van der Waals surface area contributed by atoms with Gasteiger partial charge in [-0.15, -0.1) is 0 Å². The summed E-state index contributed by atoms with van der Waals surface area (Å²) in [5.41, 5.74) is 2.97. The maximum absolute atomic E-state index is 13.0. The van der Waals surface area contributed by atoms with Gasteiger partial charge in [-0.05, 0) is 56.2 Å². The molecule has 3 nitrogen and oxygen atoms in total. The van der Waals surface area contributed by atoms with Crippen LogP contribution < -0.4 is 5.32 Å². The Morgan fingerprint density at radius 2 is 1.95 bits per heavy atom. The summed E-state index contributed by atoms with van der Waals surface area (Å²) in [7, 11) is 1.89. The lowest BCUT2D eigenvalue weighted by molar-refractivity contribution is 0.0391. The molecule has 1 aliphatic carbocycles. The van der Waals surface area contributed by atoms with Crippen LogP contribution in [0.3, 0.4) is 0 Å². The van der Waals surface area contributed by atoms with Gasteiger partial charge in [0, 0.05) is 25.3 Å². The lowest BCUT2D eigenvalue weighted by Gasteiger charge is -2.44. The lowest BCUT2D eigenvalue weighted by Crippen LogP contribution is -2.49. The number of hydrogen-bond acceptors (Lipinski definition) is 2. The number of aryl methyl sites for hydroxylation is 1. The number of amides is 1. The summed E-state index contributed by atoms with van der Waals surface area (Å²) in [5.74, 6) is 0.955. The number of nitrogens with one attached hydrogen (secondary N) is 1. The van der Waals surface area contributed by atoms with Gasteiger partial charge in [-0.3, -0.25) is 4.79 Å². The van der Waals surface area contributed by atoms with Crippen molar-refractivity contribution in [2.24, 2.45) is 5.92 Å². The second-order valence-corrected chi connectivity index (χ2v) is 6.55. The van der Waals surface area contributed by atoms with Crippen molar-refractivity contribution in [2.75, 3.05) is 18.9 Å². The van der Waals surface area contributed by atoms with E-state index in [1.54, 1.807) is 0 Å². The second-order valence-electron chi connectivity index (χ2n) is 6.55. The first kappa shape index (κ1) is 14.4. The van der Waals surface area contributed by atoms with Gasteiger partial charge in [-0.1, -0.05) is 18.9 Å². The van der Waals surface area contributed by atoms with Crippen molar-refractivity contribution in [1.29, 1.82) is 0 Å². The fourth-order valence-electron chi connectivity index (χ4n) is 4.08. The molecule has 0 radical (unpaired) electrons. The minimum atomic E-state index is 0.218. The first-order valence-corrected chi connectivity index (χ1v) is 8.30. The minimum Gasteiger partial charge on any atom is -0.387 e. The molecular weight excluding hydrogens is 260 g/mol. The molecule has 2 atom stereocenters. The van der Waals surface area contributed by atoms with Gasteiger partial charge < -0.3 is 10.2 Å². The zero-order chi connectivity index (χ0) is 14.8. The molecule has 1 amide bonds. The van der Waals surface area contributed by atoms with Crippen LogP contribution in [0.25, 0.3) is 0 Å². The fraction of sp³-hybridized carbons (Fsp3) is 0.611. The van der Waals surface area contributed by atoms with Gasteiger partial charge in [0.1, 0.15) is 0 Å². The van der Waals surface area contributed by atoms with Crippen LogP contribution in [-0.4, -0.2) is 30.4 Å². The minimum absolute atomic E-state index is 0.218. The molecule has 0 bridgehead atoms. The molecule has 1 N–H and O–H groups in total. The average molecular weight is 286 g/mol. The van der Waals surface area contributed by atoms with E-state index < -0.39 is 0 Å². The SMILES string of the molecule is CNc1cc(C)ccc1C(=O)N1CCCC2CCCCC21. The Labute approximate surface area is 127 Å². The highest BCUT2D eigenvalue weighted by molar-refractivity contribution is 6.00. The van der Waals surface area contributed by atoms with E-state index in [0.717, 1.165) is 30.1 Å². The average Bonchev–Trinajstić information content (AvgIpc) is 2.53. The summed E-state index contributed by atoms with van der Waals surface area (Å²) in [4.78, 5) is 15.2. The van der Waals surface area contributed by atoms with Gasteiger partial charge in [-0.25, -0.2) is 0 Å². The number of benzene rings is 1. The number of rotatable bonds is 2. The molecule has 114 valence electrons. The molecule has 3 heteroatoms. The van der Waals surface area contributed by atoms with Crippen molar-refractivity contribution in [3.63, 3.8) is 0 Å². The van der Waals surface area contributed by atoms with Crippen LogP contribution in [0, 0.1) is 12.8 Å². The highest BCUT2D eigenvalue weighted by Gasteiger charge is 2.36. The monoisotopic (exact) mass is 286 g/mol. The Morgan fingerprint density at radius 1 is 1.19 bits per heavy atom. The maximum Gasteiger partial charge on any atom is 0.256 e. The van der Waals surface area contributed by atoms with Gasteiger partial charge in [-0.2, -0.15) is 0 Å². The number of nitrogens with zero attached hydrogens (tertiary/aromatic N) is 1. The molecule has 2 aliphatic rings. The predicted molar refractivity (Wildman–Crippen MR) is 86.7 cm³/mol. The van der Waals surface area contributed by atoms with Gasteiger partial charge in [0.05, 0.1) is 5.56 Å². The van der Waals surface area contributed by atoms with Crippen LogP contribution in [0.1, 0.15) is 54.4 Å². The third kappa shape index (κ3) is 2.78. The van der Waals surface area contributed by atoms with Crippen molar-refractivity contribution in [3.8, 4) is 0 Å². The number of carbonyl (C=O) groups excluding carboxylic acids is 1. The Hall–Kier alpha value is -1.51. The van der Waals surface area contributed by atoms with Crippen molar-refractivity contribution in [1.82, 2.24) is 4.90 Å². The molecule has 0 aromatic heterocycles. The molecular formula is C18H26N2O. The van der Waals surface area contributed by atoms with Crippen LogP contribution >= 0.6 is 0 Å². The zero-order valence-electron chi connectivity index (χ0n) is 13.2. The van der Waals surface area contributed by atoms with Crippen molar-refractivity contribution >= 4 is 11.6 Å². The molecule has 2 unspecified atom stereocenters. The molecule has 0 spiro atoms. The lowest BCUT2D eigenvalue weighted by atomic mass is 9.78. The highest BCUT2D eigenvalue weighted by atomic mass is 16.2. The Morgan fingerprint density at radius 3 is 2.76 bits per heavy atom. The van der Waals surface area contributed by atoms with E-state index in [2.05, 4.69) is 23.2 Å². The Balaban J connectivity index is 1.87. The Bertz CT molecular complexity index is 524. The van der Waals surface area contributed by atoms with E-state index >= 15 is 0 Å². The molecule has 21 heavy (non-hydrogen) atoms. The number of anilines is 1. The van der Waals surface area contributed by atoms with Crippen LogP contribution in [0.15, 0.2) is 18.2 Å². The first-order valence-electron chi connectivity index (χ1n) is 8.30. The van der Waals surface area contributed by atoms with Crippen molar-refractivity contribution in [3.05, 3.63) is 29.3 Å². The predicted octanol–water partition coefficient (Wildman–Crippen LogP) is 3.83. The van der Waals surface area contributed by atoms with Crippen LogP contribution in [-0.2, 0) is 0 Å². The van der Waals surface area contributed by atoms with Crippen LogP contribution in [0.2, 0.25) is 0 Å². The molecule has 1 aromatic rings. The molecule has 1 aromatic carbocycles. The zero-order valence-corrected chi connectivity index (χ0v) is 13.2. The highest BCUT2D eigenvalue weighted by Crippen LogP contribution is 2.36. The van der Waals surface area contributed by atoms with E-state index in [-0.39, 0.29) is 5.91 Å². The maximum atomic E-state index is 13.0. The number of fused-ring (bicyclic) bond motifs is 1. The van der Waals surface area contributed by atoms with E-state index in [1.807, 2.05) is 19.2 Å². The molecule has 1 saturated heterocycles. The number of piperidine rings is 1. The van der Waals surface area contributed by atoms with Gasteiger partial charge in [0.15, 0.2) is 0 Å². The van der Waals surface area contributed by atoms with Crippen LogP contribution in [0.4, 0.5) is 5.69 Å². The summed E-state index contributed by atoms with van der Waals surface area (Å²) in [6.45, 7) is 2.99. The molecule has 3 rings (SSSR count). The normalized spacial score (nSPS) is 25.3. The summed E-state index contributed by atoms with van der Waals surface area (Å²) in [5, 5.41) is 3.18. The van der Waals surface area contributed by atoms with Crippen LogP contribution in [0.5, 0.6) is 0 Å². The summed E-state index contributed by atoms with van der Waals surface area (Å²) < 4.78 is 0. The fourth-order valence-corrected chi connectivity index (χ4v) is 4.08. The van der Waals surface area contributed by atoms with E-state index in [0.29, 0.717) is 6.04 Å². The third-order valence-electron chi connectivity index (χ3n) is 5.18. The summed E-state index contributed by atoms with van der Waals surface area (Å²) >= 11 is 0. The molecule has 1 saturated carbocycles. The van der Waals surface area contributed by atoms with Gasteiger partial charge >= 0.3 is 0 Å². The molecule has 1 heterocycles. The largest absolute Gasteiger partial charge is 0.387 e. The quantitative estimate of drug-likeness (QED) is 0.896. The molecule has 2 fully saturated rings. The number of likely N-dealkylation sites (tertiary alicyclic amines) is 1. The van der Waals surface area contributed by atoms with E-state index in [1.165, 1.54) is 37.7 Å². The standard InChI is InChI=1S/C18H26N2O/c1-13-9-10-15(16(12-13)19-2)18(21)20-11-5-7-14-6-3-4-8-17(14)20/h9-10,12,14,17,19H,3-8,11H2,1-2H3. The van der Waals surface area contributed by atoms with Crippen molar-refractivity contribution < 1.29 is 4.79 Å².